The minimum Gasteiger partial charge on any atom is -0.448 e. The summed E-state index contributed by atoms with van der Waals surface area (Å²) in [4.78, 5) is 12.2. The Morgan fingerprint density at radius 2 is 2.67 bits per heavy atom. The van der Waals surface area contributed by atoms with Crippen molar-refractivity contribution >= 4 is 6.09 Å². The van der Waals surface area contributed by atoms with Crippen molar-refractivity contribution in [2.75, 3.05) is 19.7 Å². The van der Waals surface area contributed by atoms with Gasteiger partial charge in [-0.2, -0.15) is 0 Å². The Balaban J connectivity index is 2.39. The third-order valence-electron chi connectivity index (χ3n) is 1.19. The van der Waals surface area contributed by atoms with E-state index < -0.39 is 0 Å². The normalized spacial score (nSPS) is 17.8. The number of nitrogens with zero attached hydrogens (tertiary/aromatic N) is 1. The molecule has 1 heterocycles. The summed E-state index contributed by atoms with van der Waals surface area (Å²) < 4.78 is 4.66. The molecule has 1 amide bonds. The second-order valence-electron chi connectivity index (χ2n) is 1.85. The van der Waals surface area contributed by atoms with Crippen LogP contribution >= 0.6 is 0 Å². The van der Waals surface area contributed by atoms with E-state index >= 15 is 0 Å². The van der Waals surface area contributed by atoms with Crippen LogP contribution in [0.1, 0.15) is 0 Å². The lowest BCUT2D eigenvalue weighted by molar-refractivity contribution is 0.161. The molecule has 1 aliphatic rings. The van der Waals surface area contributed by atoms with E-state index in [1.807, 2.05) is 0 Å². The molecular weight excluding hydrogens is 118 g/mol. The van der Waals surface area contributed by atoms with Crippen molar-refractivity contribution in [2.24, 2.45) is 0 Å². The predicted octanol–water partition coefficient (Wildman–Crippen LogP) is 0.625. The summed E-state index contributed by atoms with van der Waals surface area (Å²) in [5.41, 5.74) is 0. The smallest absolute Gasteiger partial charge is 0.410 e. The molecule has 0 spiro atoms. The summed E-state index contributed by atoms with van der Waals surface area (Å²) in [6.07, 6.45) is 1.46. The quantitative estimate of drug-likeness (QED) is 0.509. The van der Waals surface area contributed by atoms with E-state index in [2.05, 4.69) is 11.3 Å². The number of cyclic esters (lactones) is 1. The molecule has 0 aromatic rings. The topological polar surface area (TPSA) is 29.5 Å². The van der Waals surface area contributed by atoms with Gasteiger partial charge in [-0.3, -0.25) is 0 Å². The van der Waals surface area contributed by atoms with Crippen molar-refractivity contribution in [3.05, 3.63) is 12.7 Å². The Morgan fingerprint density at radius 3 is 3.11 bits per heavy atom. The summed E-state index contributed by atoms with van der Waals surface area (Å²) in [5.74, 6) is 0. The largest absolute Gasteiger partial charge is 0.448 e. The molecule has 0 aliphatic carbocycles. The van der Waals surface area contributed by atoms with Crippen LogP contribution in [0.3, 0.4) is 0 Å². The standard InChI is InChI=1S/C6H9NO2/c1-2-3-7-4-5-9-6(7)8/h2H,1,3-5H2. The maximum absolute atomic E-state index is 10.6. The van der Waals surface area contributed by atoms with Crippen LogP contribution in [-0.2, 0) is 4.74 Å². The second-order valence-corrected chi connectivity index (χ2v) is 1.85. The van der Waals surface area contributed by atoms with Crippen LogP contribution in [0.15, 0.2) is 12.7 Å². The van der Waals surface area contributed by atoms with Crippen LogP contribution < -0.4 is 0 Å². The number of carbonyl (C=O) groups excluding carboxylic acids is 1. The van der Waals surface area contributed by atoms with Crippen molar-refractivity contribution in [2.45, 2.75) is 0 Å². The molecule has 3 heteroatoms. The maximum Gasteiger partial charge on any atom is 0.410 e. The van der Waals surface area contributed by atoms with Crippen LogP contribution in [-0.4, -0.2) is 30.7 Å². The molecule has 0 N–H and O–H groups in total. The third kappa shape index (κ3) is 1.22. The molecule has 0 unspecified atom stereocenters. The number of carbonyl (C=O) groups is 1. The van der Waals surface area contributed by atoms with Crippen molar-refractivity contribution in [1.29, 1.82) is 0 Å². The fourth-order valence-electron chi connectivity index (χ4n) is 0.747. The van der Waals surface area contributed by atoms with Gasteiger partial charge >= 0.3 is 6.09 Å². The molecule has 0 bridgehead atoms. The fraction of sp³-hybridized carbons (Fsp3) is 0.500. The maximum atomic E-state index is 10.6. The molecule has 0 aromatic heterocycles. The Hall–Kier alpha value is -0.990. The fourth-order valence-corrected chi connectivity index (χ4v) is 0.747. The zero-order valence-corrected chi connectivity index (χ0v) is 5.17. The van der Waals surface area contributed by atoms with Gasteiger partial charge in [-0.15, -0.1) is 6.58 Å². The van der Waals surface area contributed by atoms with Gasteiger partial charge < -0.3 is 9.64 Å². The van der Waals surface area contributed by atoms with Crippen molar-refractivity contribution in [1.82, 2.24) is 4.90 Å². The Morgan fingerprint density at radius 1 is 1.89 bits per heavy atom. The zero-order chi connectivity index (χ0) is 6.69. The monoisotopic (exact) mass is 127 g/mol. The van der Waals surface area contributed by atoms with Crippen LogP contribution in [0.2, 0.25) is 0 Å². The van der Waals surface area contributed by atoms with Gasteiger partial charge in [0.05, 0.1) is 6.54 Å². The van der Waals surface area contributed by atoms with Gasteiger partial charge in [0, 0.05) is 6.54 Å². The van der Waals surface area contributed by atoms with Crippen LogP contribution in [0.25, 0.3) is 0 Å². The molecule has 3 nitrogen and oxygen atoms in total. The lowest BCUT2D eigenvalue weighted by Crippen LogP contribution is -2.23. The molecule has 1 aliphatic heterocycles. The first-order valence-electron chi connectivity index (χ1n) is 2.87. The number of rotatable bonds is 2. The summed E-state index contributed by atoms with van der Waals surface area (Å²) in [5, 5.41) is 0. The molecule has 0 radical (unpaired) electrons. The Labute approximate surface area is 53.9 Å². The van der Waals surface area contributed by atoms with Gasteiger partial charge in [-0.05, 0) is 0 Å². The van der Waals surface area contributed by atoms with Crippen LogP contribution in [0.4, 0.5) is 4.79 Å². The molecule has 1 saturated heterocycles. The van der Waals surface area contributed by atoms with Crippen molar-refractivity contribution < 1.29 is 9.53 Å². The number of hydrogen-bond donors (Lipinski definition) is 0. The van der Waals surface area contributed by atoms with Gasteiger partial charge in [-0.1, -0.05) is 6.08 Å². The summed E-state index contributed by atoms with van der Waals surface area (Å²) in [6.45, 7) is 5.32. The molecule has 1 fully saturated rings. The second kappa shape index (κ2) is 2.53. The summed E-state index contributed by atoms with van der Waals surface area (Å²) in [7, 11) is 0. The highest BCUT2D eigenvalue weighted by Crippen LogP contribution is 2.01. The zero-order valence-electron chi connectivity index (χ0n) is 5.17. The first kappa shape index (κ1) is 6.13. The molecule has 0 aromatic carbocycles. The average molecular weight is 127 g/mol. The van der Waals surface area contributed by atoms with E-state index in [1.54, 1.807) is 11.0 Å². The van der Waals surface area contributed by atoms with Gasteiger partial charge in [0.25, 0.3) is 0 Å². The molecule has 1 rings (SSSR count). The van der Waals surface area contributed by atoms with Gasteiger partial charge in [0.15, 0.2) is 0 Å². The number of ether oxygens (including phenoxy) is 1. The first-order valence-corrected chi connectivity index (χ1v) is 2.87. The molecule has 50 valence electrons. The lowest BCUT2D eigenvalue weighted by Gasteiger charge is -2.06. The predicted molar refractivity (Wildman–Crippen MR) is 33.1 cm³/mol. The number of hydrogen-bond acceptors (Lipinski definition) is 2. The Kier molecular flexibility index (Phi) is 1.72. The van der Waals surface area contributed by atoms with Crippen molar-refractivity contribution in [3.8, 4) is 0 Å². The molecule has 0 atom stereocenters. The van der Waals surface area contributed by atoms with E-state index in [4.69, 9.17) is 0 Å². The SMILES string of the molecule is C=CCN1CCOC1=O. The average Bonchev–Trinajstić information content (AvgIpc) is 2.18. The first-order chi connectivity index (χ1) is 4.34. The molecule has 9 heavy (non-hydrogen) atoms. The summed E-state index contributed by atoms with van der Waals surface area (Å²) >= 11 is 0. The van der Waals surface area contributed by atoms with Crippen LogP contribution in [0, 0.1) is 0 Å². The molecular formula is C6H9NO2. The van der Waals surface area contributed by atoms with E-state index in [0.717, 1.165) is 0 Å². The van der Waals surface area contributed by atoms with E-state index in [-0.39, 0.29) is 6.09 Å². The highest BCUT2D eigenvalue weighted by atomic mass is 16.6. The minimum absolute atomic E-state index is 0.227. The third-order valence-corrected chi connectivity index (χ3v) is 1.19. The minimum atomic E-state index is -0.227. The van der Waals surface area contributed by atoms with E-state index in [1.165, 1.54) is 0 Å². The summed E-state index contributed by atoms with van der Waals surface area (Å²) in [6, 6.07) is 0. The van der Waals surface area contributed by atoms with Crippen molar-refractivity contribution in [3.63, 3.8) is 0 Å². The van der Waals surface area contributed by atoms with E-state index in [0.29, 0.717) is 19.7 Å². The van der Waals surface area contributed by atoms with Gasteiger partial charge in [0.1, 0.15) is 6.61 Å². The lowest BCUT2D eigenvalue weighted by atomic mass is 10.5. The van der Waals surface area contributed by atoms with Gasteiger partial charge in [-0.25, -0.2) is 4.79 Å². The molecule has 0 saturated carbocycles. The Bertz CT molecular complexity index is 133. The van der Waals surface area contributed by atoms with Gasteiger partial charge in [0.2, 0.25) is 0 Å². The highest BCUT2D eigenvalue weighted by Gasteiger charge is 2.19. The number of amides is 1. The van der Waals surface area contributed by atoms with E-state index in [9.17, 15) is 4.79 Å². The highest BCUT2D eigenvalue weighted by molar-refractivity contribution is 5.69. The van der Waals surface area contributed by atoms with Crippen LogP contribution in [0.5, 0.6) is 0 Å².